The number of rotatable bonds is 3. The number of aromatic amines is 1. The Morgan fingerprint density at radius 1 is 1.30 bits per heavy atom. The number of ether oxygens (including phenoxy) is 2. The quantitative estimate of drug-likeness (QED) is 0.480. The molecule has 2 aliphatic rings. The smallest absolute Gasteiger partial charge is 0.278 e. The molecule has 0 radical (unpaired) electrons. The minimum absolute atomic E-state index is 0.100. The molecule has 4 atom stereocenters. The summed E-state index contributed by atoms with van der Waals surface area (Å²) in [5.41, 5.74) is -2.98. The zero-order valence-corrected chi connectivity index (χ0v) is 15.1. The maximum Gasteiger partial charge on any atom is 0.278 e. The standard InChI is InChI=1S/C16H23N5O6/c1-15(7-22)10(23)11(24)16(2,27-15)21-12-9(13(25)18-8-17-12)19-14(21)20-3-5-26-6-4-20/h8,10-11,22-24H,3-7H2,1-2H3,(H,17,18,25)/t10-,11-,15+,16-/m0/s1. The minimum Gasteiger partial charge on any atom is -0.393 e. The SMILES string of the molecule is C[C@]1(CO)O[C@](C)(n2c(N3CCOCC3)nc3c(=O)[nH]cnc32)[C@@H](O)[C@@H]1O. The highest BCUT2D eigenvalue weighted by molar-refractivity contribution is 5.74. The molecule has 2 fully saturated rings. The van der Waals surface area contributed by atoms with Crippen molar-refractivity contribution in [3.05, 3.63) is 16.7 Å². The lowest BCUT2D eigenvalue weighted by Gasteiger charge is -2.36. The molecular formula is C16H23N5O6. The summed E-state index contributed by atoms with van der Waals surface area (Å²) >= 11 is 0. The van der Waals surface area contributed by atoms with E-state index in [4.69, 9.17) is 9.47 Å². The Bertz CT molecular complexity index is 908. The van der Waals surface area contributed by atoms with E-state index in [1.165, 1.54) is 17.8 Å². The first-order valence-electron chi connectivity index (χ1n) is 8.78. The third kappa shape index (κ3) is 2.57. The van der Waals surface area contributed by atoms with E-state index in [-0.39, 0.29) is 11.2 Å². The van der Waals surface area contributed by atoms with Crippen molar-refractivity contribution in [3.8, 4) is 0 Å². The number of aliphatic hydroxyl groups excluding tert-OH is 3. The predicted molar refractivity (Wildman–Crippen MR) is 93.4 cm³/mol. The fraction of sp³-hybridized carbons (Fsp3) is 0.688. The van der Waals surface area contributed by atoms with Crippen molar-refractivity contribution in [1.82, 2.24) is 19.5 Å². The predicted octanol–water partition coefficient (Wildman–Crippen LogP) is -1.87. The van der Waals surface area contributed by atoms with Gasteiger partial charge in [-0.1, -0.05) is 0 Å². The summed E-state index contributed by atoms with van der Waals surface area (Å²) in [6.45, 7) is 4.65. The van der Waals surface area contributed by atoms with E-state index in [1.54, 1.807) is 6.92 Å². The molecule has 2 aromatic rings. The maximum absolute atomic E-state index is 12.3. The molecule has 0 spiro atoms. The van der Waals surface area contributed by atoms with E-state index < -0.39 is 35.7 Å². The highest BCUT2D eigenvalue weighted by Crippen LogP contribution is 2.44. The minimum atomic E-state index is -1.50. The molecule has 11 heteroatoms. The van der Waals surface area contributed by atoms with Crippen LogP contribution in [0.5, 0.6) is 0 Å². The van der Waals surface area contributed by atoms with Crippen LogP contribution in [0.4, 0.5) is 5.95 Å². The second kappa shape index (κ2) is 6.24. The number of hydrogen-bond donors (Lipinski definition) is 4. The maximum atomic E-state index is 12.3. The summed E-state index contributed by atoms with van der Waals surface area (Å²) in [4.78, 5) is 25.4. The molecule has 2 saturated heterocycles. The van der Waals surface area contributed by atoms with Gasteiger partial charge < -0.3 is 34.7 Å². The summed E-state index contributed by atoms with van der Waals surface area (Å²) in [7, 11) is 0. The Morgan fingerprint density at radius 2 is 2.00 bits per heavy atom. The van der Waals surface area contributed by atoms with E-state index >= 15 is 0 Å². The molecule has 0 unspecified atom stereocenters. The first-order valence-corrected chi connectivity index (χ1v) is 8.78. The van der Waals surface area contributed by atoms with Crippen molar-refractivity contribution in [3.63, 3.8) is 0 Å². The van der Waals surface area contributed by atoms with E-state index in [1.807, 2.05) is 4.90 Å². The van der Waals surface area contributed by atoms with Crippen molar-refractivity contribution in [2.24, 2.45) is 0 Å². The van der Waals surface area contributed by atoms with Gasteiger partial charge in [-0.25, -0.2) is 9.97 Å². The molecular weight excluding hydrogens is 358 g/mol. The molecule has 0 amide bonds. The van der Waals surface area contributed by atoms with E-state index in [0.717, 1.165) is 0 Å². The molecule has 2 aromatic heterocycles. The Labute approximate surface area is 154 Å². The number of H-pyrrole nitrogens is 1. The van der Waals surface area contributed by atoms with Gasteiger partial charge in [-0.05, 0) is 13.8 Å². The van der Waals surface area contributed by atoms with Gasteiger partial charge in [0.1, 0.15) is 17.8 Å². The van der Waals surface area contributed by atoms with Gasteiger partial charge in [-0.15, -0.1) is 0 Å². The third-order valence-corrected chi connectivity index (χ3v) is 5.40. The lowest BCUT2D eigenvalue weighted by molar-refractivity contribution is -0.170. The Balaban J connectivity index is 1.95. The van der Waals surface area contributed by atoms with Crippen molar-refractivity contribution in [2.75, 3.05) is 37.8 Å². The van der Waals surface area contributed by atoms with Crippen LogP contribution in [0.15, 0.2) is 11.1 Å². The normalized spacial score (nSPS) is 34.5. The van der Waals surface area contributed by atoms with Gasteiger partial charge in [0.15, 0.2) is 16.9 Å². The molecule has 0 aromatic carbocycles. The van der Waals surface area contributed by atoms with E-state index in [9.17, 15) is 20.1 Å². The Hall–Kier alpha value is -2.05. The van der Waals surface area contributed by atoms with Crippen molar-refractivity contribution >= 4 is 17.1 Å². The molecule has 27 heavy (non-hydrogen) atoms. The Kier molecular flexibility index (Phi) is 4.24. The van der Waals surface area contributed by atoms with Crippen LogP contribution in [0.1, 0.15) is 13.8 Å². The second-order valence-corrected chi connectivity index (χ2v) is 7.27. The number of hydrogen-bond acceptors (Lipinski definition) is 9. The molecule has 4 N–H and O–H groups in total. The van der Waals surface area contributed by atoms with Crippen molar-refractivity contribution in [2.45, 2.75) is 37.4 Å². The van der Waals surface area contributed by atoms with Crippen LogP contribution in [0.25, 0.3) is 11.2 Å². The van der Waals surface area contributed by atoms with Gasteiger partial charge in [0, 0.05) is 13.1 Å². The number of aromatic nitrogens is 4. The van der Waals surface area contributed by atoms with Gasteiger partial charge in [0.25, 0.3) is 5.56 Å². The van der Waals surface area contributed by atoms with Gasteiger partial charge in [-0.3, -0.25) is 9.36 Å². The summed E-state index contributed by atoms with van der Waals surface area (Å²) in [6, 6.07) is 0. The van der Waals surface area contributed by atoms with Crippen LogP contribution in [0.3, 0.4) is 0 Å². The van der Waals surface area contributed by atoms with Crippen molar-refractivity contribution in [1.29, 1.82) is 0 Å². The second-order valence-electron chi connectivity index (χ2n) is 7.27. The summed E-state index contributed by atoms with van der Waals surface area (Å²) < 4.78 is 12.9. The lowest BCUT2D eigenvalue weighted by Crippen LogP contribution is -2.46. The van der Waals surface area contributed by atoms with Gasteiger partial charge in [0.2, 0.25) is 5.95 Å². The topological polar surface area (TPSA) is 146 Å². The Morgan fingerprint density at radius 3 is 2.63 bits per heavy atom. The zero-order valence-electron chi connectivity index (χ0n) is 15.1. The fourth-order valence-electron chi connectivity index (χ4n) is 3.80. The third-order valence-electron chi connectivity index (χ3n) is 5.40. The monoisotopic (exact) mass is 381 g/mol. The first-order chi connectivity index (χ1) is 12.8. The highest BCUT2D eigenvalue weighted by Gasteiger charge is 2.60. The summed E-state index contributed by atoms with van der Waals surface area (Å²) in [5, 5.41) is 31.0. The van der Waals surface area contributed by atoms with Crippen LogP contribution in [-0.4, -0.2) is 85.6 Å². The average molecular weight is 381 g/mol. The number of morpholine rings is 1. The molecule has 0 saturated carbocycles. The number of nitrogens with one attached hydrogen (secondary N) is 1. The summed E-state index contributed by atoms with van der Waals surface area (Å²) in [6.07, 6.45) is -1.48. The number of fused-ring (bicyclic) bond motifs is 1. The molecule has 0 bridgehead atoms. The number of imidazole rings is 1. The molecule has 0 aliphatic carbocycles. The molecule has 4 heterocycles. The zero-order chi connectivity index (χ0) is 19.4. The number of aliphatic hydroxyl groups is 3. The van der Waals surface area contributed by atoms with Crippen LogP contribution < -0.4 is 10.5 Å². The van der Waals surface area contributed by atoms with E-state index in [0.29, 0.717) is 32.3 Å². The number of anilines is 1. The van der Waals surface area contributed by atoms with Gasteiger partial charge in [-0.2, -0.15) is 0 Å². The number of nitrogens with zero attached hydrogens (tertiary/aromatic N) is 4. The molecule has 4 rings (SSSR count). The largest absolute Gasteiger partial charge is 0.393 e. The lowest BCUT2D eigenvalue weighted by atomic mass is 9.96. The van der Waals surface area contributed by atoms with Gasteiger partial charge in [0.05, 0.1) is 26.1 Å². The van der Waals surface area contributed by atoms with Crippen molar-refractivity contribution < 1.29 is 24.8 Å². The van der Waals surface area contributed by atoms with Crippen LogP contribution >= 0.6 is 0 Å². The van der Waals surface area contributed by atoms with Crippen LogP contribution in [0, 0.1) is 0 Å². The van der Waals surface area contributed by atoms with Gasteiger partial charge >= 0.3 is 0 Å². The van der Waals surface area contributed by atoms with E-state index in [2.05, 4.69) is 15.0 Å². The molecule has 11 nitrogen and oxygen atoms in total. The fourth-order valence-corrected chi connectivity index (χ4v) is 3.80. The summed E-state index contributed by atoms with van der Waals surface area (Å²) in [5.74, 6) is 0.383. The molecule has 2 aliphatic heterocycles. The molecule has 148 valence electrons. The van der Waals surface area contributed by atoms with Crippen LogP contribution in [0.2, 0.25) is 0 Å². The first kappa shape index (κ1) is 18.3. The average Bonchev–Trinajstić information content (AvgIpc) is 3.15. The van der Waals surface area contributed by atoms with Crippen LogP contribution in [-0.2, 0) is 15.2 Å². The highest BCUT2D eigenvalue weighted by atomic mass is 16.6.